The van der Waals surface area contributed by atoms with E-state index in [-0.39, 0.29) is 50.5 Å². The van der Waals surface area contributed by atoms with Crippen molar-refractivity contribution in [3.63, 3.8) is 0 Å². The van der Waals surface area contributed by atoms with Crippen LogP contribution in [0.2, 0.25) is 0 Å². The average Bonchev–Trinajstić information content (AvgIpc) is 1.27. The van der Waals surface area contributed by atoms with Gasteiger partial charge in [-0.3, -0.25) is 0 Å². The molecule has 0 unspecified atom stereocenters. The summed E-state index contributed by atoms with van der Waals surface area (Å²) in [4.78, 5) is 0. The van der Waals surface area contributed by atoms with E-state index in [0.717, 1.165) is 0 Å². The summed E-state index contributed by atoms with van der Waals surface area (Å²) in [7, 11) is 0. The first-order valence-electron chi connectivity index (χ1n) is 2.83. The molecule has 0 atom stereocenters. The summed E-state index contributed by atoms with van der Waals surface area (Å²) >= 11 is 0. The molecule has 0 saturated carbocycles. The summed E-state index contributed by atoms with van der Waals surface area (Å²) in [5, 5.41) is 4.28. The van der Waals surface area contributed by atoms with E-state index in [9.17, 15) is 0 Å². The summed E-state index contributed by atoms with van der Waals surface area (Å²) in [6.07, 6.45) is 0. The molecule has 0 aromatic rings. The summed E-state index contributed by atoms with van der Waals surface area (Å²) in [5.41, 5.74) is 0. The molecule has 0 spiro atoms. The van der Waals surface area contributed by atoms with Gasteiger partial charge in [0.05, 0.1) is 0 Å². The molecule has 0 aliphatic heterocycles. The van der Waals surface area contributed by atoms with E-state index >= 15 is 0 Å². The van der Waals surface area contributed by atoms with Gasteiger partial charge >= 0.3 is 0 Å². The summed E-state index contributed by atoms with van der Waals surface area (Å²) in [6.45, 7) is 8.39. The van der Waals surface area contributed by atoms with Crippen molar-refractivity contribution in [3.8, 4) is 0 Å². The van der Waals surface area contributed by atoms with Gasteiger partial charge in [0.1, 0.15) is 0 Å². The first-order chi connectivity index (χ1) is 3.13. The fourth-order valence-electron chi connectivity index (χ4n) is 0.596. The Hall–Kier alpha value is 1.15. The zero-order valence-corrected chi connectivity index (χ0v) is 10.8. The molecule has 0 saturated heterocycles. The molecule has 0 N–H and O–H groups in total. The summed E-state index contributed by atoms with van der Waals surface area (Å²) < 4.78 is 0. The number of rotatable bonds is 2. The Labute approximate surface area is 95.0 Å². The Morgan fingerprint density at radius 3 is 1.10 bits per heavy atom. The fourth-order valence-corrected chi connectivity index (χ4v) is 0.596. The molecule has 1 nitrogen and oxygen atoms in total. The zero-order chi connectivity index (χ0) is 5.86. The van der Waals surface area contributed by atoms with E-state index in [2.05, 4.69) is 33.0 Å². The van der Waals surface area contributed by atoms with Crippen molar-refractivity contribution in [1.82, 2.24) is 0 Å². The van der Waals surface area contributed by atoms with Crippen molar-refractivity contribution in [1.29, 1.82) is 0 Å². The third-order valence-electron chi connectivity index (χ3n) is 0.596. The predicted octanol–water partition coefficient (Wildman–Crippen LogP) is 3.26. The molecular weight excluding hydrogens is 249 g/mol. The van der Waals surface area contributed by atoms with Crippen LogP contribution in [0.5, 0.6) is 0 Å². The molecule has 0 aromatic carbocycles. The molecule has 1 radical (unpaired) electrons. The van der Waals surface area contributed by atoms with Crippen LogP contribution in [0.4, 0.5) is 0 Å². The molecule has 63 valence electrons. The maximum atomic E-state index is 4.28. The van der Waals surface area contributed by atoms with E-state index in [1.165, 1.54) is 0 Å². The molecule has 0 rings (SSSR count). The van der Waals surface area contributed by atoms with Gasteiger partial charge in [0.2, 0.25) is 0 Å². The minimum atomic E-state index is 0. The molecule has 0 amide bonds. The summed E-state index contributed by atoms with van der Waals surface area (Å²) in [5.74, 6) is 0. The van der Waals surface area contributed by atoms with E-state index < -0.39 is 0 Å². The molecular formula is C8H21LaN-2. The van der Waals surface area contributed by atoms with Crippen molar-refractivity contribution >= 4 is 0 Å². The fraction of sp³-hybridized carbons (Fsp3) is 0.875. The second-order valence-corrected chi connectivity index (χ2v) is 2.34. The van der Waals surface area contributed by atoms with Gasteiger partial charge < -0.3 is 12.7 Å². The van der Waals surface area contributed by atoms with Gasteiger partial charge in [0.15, 0.2) is 0 Å². The van der Waals surface area contributed by atoms with Crippen molar-refractivity contribution in [3.05, 3.63) is 12.7 Å². The van der Waals surface area contributed by atoms with Crippen molar-refractivity contribution < 1.29 is 35.6 Å². The van der Waals surface area contributed by atoms with Crippen LogP contribution < -0.4 is 0 Å². The Morgan fingerprint density at radius 2 is 1.10 bits per heavy atom. The Morgan fingerprint density at radius 1 is 0.900 bits per heavy atom. The van der Waals surface area contributed by atoms with E-state index in [1.807, 2.05) is 0 Å². The van der Waals surface area contributed by atoms with Gasteiger partial charge in [-0.25, -0.2) is 0 Å². The average molecular weight is 270 g/mol. The predicted molar refractivity (Wildman–Crippen MR) is 46.8 cm³/mol. The van der Waals surface area contributed by atoms with Crippen molar-refractivity contribution in [2.24, 2.45) is 0 Å². The van der Waals surface area contributed by atoms with Crippen molar-refractivity contribution in [2.45, 2.75) is 47.2 Å². The largest absolute Gasteiger partial charge is 0.658 e. The van der Waals surface area contributed by atoms with Crippen LogP contribution in [0, 0.1) is 43.0 Å². The SMILES string of the molecule is C.CC(C)[N-]C(C)C.[CH3-].[La]. The van der Waals surface area contributed by atoms with E-state index in [1.54, 1.807) is 0 Å². The van der Waals surface area contributed by atoms with Crippen LogP contribution in [-0.4, -0.2) is 12.1 Å². The van der Waals surface area contributed by atoms with Crippen LogP contribution in [0.15, 0.2) is 0 Å². The third kappa shape index (κ3) is 22.9. The second-order valence-electron chi connectivity index (χ2n) is 2.34. The quantitative estimate of drug-likeness (QED) is 0.684. The van der Waals surface area contributed by atoms with Gasteiger partial charge in [0, 0.05) is 35.6 Å². The monoisotopic (exact) mass is 270 g/mol. The zero-order valence-electron chi connectivity index (χ0n) is 7.18. The Kier molecular flexibility index (Phi) is 28.8. The molecule has 0 fully saturated rings. The van der Waals surface area contributed by atoms with E-state index in [4.69, 9.17) is 0 Å². The van der Waals surface area contributed by atoms with Crippen LogP contribution in [-0.2, 0) is 0 Å². The minimum Gasteiger partial charge on any atom is -0.658 e. The summed E-state index contributed by atoms with van der Waals surface area (Å²) in [6, 6.07) is 1.000. The van der Waals surface area contributed by atoms with Crippen LogP contribution in [0.25, 0.3) is 5.32 Å². The third-order valence-corrected chi connectivity index (χ3v) is 0.596. The molecule has 0 heterocycles. The van der Waals surface area contributed by atoms with Crippen LogP contribution in [0.3, 0.4) is 0 Å². The first kappa shape index (κ1) is 22.5. The molecule has 0 bridgehead atoms. The first-order valence-corrected chi connectivity index (χ1v) is 2.83. The Balaban J connectivity index is -0.0000000600. The second kappa shape index (κ2) is 12.8. The molecule has 10 heavy (non-hydrogen) atoms. The van der Waals surface area contributed by atoms with E-state index in [0.29, 0.717) is 12.1 Å². The molecule has 0 aliphatic carbocycles. The number of hydrogen-bond acceptors (Lipinski definition) is 0. The number of nitrogens with zero attached hydrogens (tertiary/aromatic N) is 1. The smallest absolute Gasteiger partial charge is 0 e. The van der Waals surface area contributed by atoms with Gasteiger partial charge in [0.25, 0.3) is 0 Å². The normalized spacial score (nSPS) is 7.80. The van der Waals surface area contributed by atoms with Crippen LogP contribution in [0.1, 0.15) is 35.1 Å². The van der Waals surface area contributed by atoms with Crippen LogP contribution >= 0.6 is 0 Å². The maximum Gasteiger partial charge on any atom is 0 e. The molecule has 2 heteroatoms. The molecule has 0 aromatic heterocycles. The van der Waals surface area contributed by atoms with Gasteiger partial charge in [-0.05, 0) is 0 Å². The maximum absolute atomic E-state index is 4.28. The van der Waals surface area contributed by atoms with Gasteiger partial charge in [-0.15, -0.1) is 12.1 Å². The van der Waals surface area contributed by atoms with Gasteiger partial charge in [-0.2, -0.15) is 0 Å². The standard InChI is InChI=1S/C6H14N.CH4.CH3.La/c1-5(2)7-6(3)4;;;/h5-6H,1-4H3;1H4;1H3;/q-1;;-1;. The molecule has 0 aliphatic rings. The van der Waals surface area contributed by atoms with Crippen molar-refractivity contribution in [2.75, 3.05) is 0 Å². The number of hydrogen-bond donors (Lipinski definition) is 0. The minimum absolute atomic E-state index is 0. The Bertz CT molecular complexity index is 38.5. The topological polar surface area (TPSA) is 14.1 Å². The van der Waals surface area contributed by atoms with Gasteiger partial charge in [-0.1, -0.05) is 35.1 Å².